The van der Waals surface area contributed by atoms with Crippen molar-refractivity contribution >= 4 is 26.9 Å². The van der Waals surface area contributed by atoms with E-state index in [1.54, 1.807) is 12.3 Å². The Morgan fingerprint density at radius 2 is 2.36 bits per heavy atom. The van der Waals surface area contributed by atoms with Gasteiger partial charge in [0.15, 0.2) is 12.4 Å². The zero-order valence-electron chi connectivity index (χ0n) is 5.45. The average Bonchev–Trinajstić information content (AvgIpc) is 2.33. The molecule has 56 valence electrons. The summed E-state index contributed by atoms with van der Waals surface area (Å²) in [5.41, 5.74) is 0.712. The van der Waals surface area contributed by atoms with E-state index in [1.807, 2.05) is 0 Å². The summed E-state index contributed by atoms with van der Waals surface area (Å²) in [7, 11) is 0. The minimum Gasteiger partial charge on any atom is -0.619 e. The first kappa shape index (κ1) is 6.67. The number of nitrogens with zero attached hydrogens (tertiary/aromatic N) is 1. The molecule has 2 aromatic rings. The summed E-state index contributed by atoms with van der Waals surface area (Å²) in [6.45, 7) is 0. The molecular weight excluding hydrogens is 210 g/mol. The van der Waals surface area contributed by atoms with Crippen molar-refractivity contribution in [2.75, 3.05) is 0 Å². The maximum atomic E-state index is 10.8. The molecule has 2 rings (SSSR count). The lowest BCUT2D eigenvalue weighted by molar-refractivity contribution is -0.603. The monoisotopic (exact) mass is 213 g/mol. The smallest absolute Gasteiger partial charge is 0.192 e. The van der Waals surface area contributed by atoms with Crippen LogP contribution in [0.2, 0.25) is 0 Å². The quantitative estimate of drug-likeness (QED) is 0.495. The molecule has 0 spiro atoms. The lowest BCUT2D eigenvalue weighted by Gasteiger charge is -1.92. The van der Waals surface area contributed by atoms with Crippen molar-refractivity contribution in [1.29, 1.82) is 0 Å². The van der Waals surface area contributed by atoms with Crippen molar-refractivity contribution in [3.05, 3.63) is 34.4 Å². The molecule has 0 saturated carbocycles. The zero-order valence-corrected chi connectivity index (χ0v) is 7.04. The van der Waals surface area contributed by atoms with Crippen molar-refractivity contribution < 1.29 is 9.15 Å². The SMILES string of the molecule is [O-][n+]1ccc2occ(Br)c2c1. The van der Waals surface area contributed by atoms with Gasteiger partial charge in [-0.2, -0.15) is 4.73 Å². The first-order valence-electron chi connectivity index (χ1n) is 3.03. The molecule has 0 bridgehead atoms. The first-order valence-corrected chi connectivity index (χ1v) is 3.82. The summed E-state index contributed by atoms with van der Waals surface area (Å²) in [6, 6.07) is 1.63. The number of furan rings is 1. The van der Waals surface area contributed by atoms with E-state index in [0.717, 1.165) is 14.6 Å². The van der Waals surface area contributed by atoms with E-state index in [9.17, 15) is 5.21 Å². The molecule has 0 unspecified atom stereocenters. The molecule has 0 N–H and O–H groups in total. The van der Waals surface area contributed by atoms with Crippen molar-refractivity contribution in [2.45, 2.75) is 0 Å². The minimum atomic E-state index is 0.712. The summed E-state index contributed by atoms with van der Waals surface area (Å²) in [6.07, 6.45) is 4.42. The van der Waals surface area contributed by atoms with E-state index in [2.05, 4.69) is 15.9 Å². The fraction of sp³-hybridized carbons (Fsp3) is 0. The lowest BCUT2D eigenvalue weighted by atomic mass is 10.3. The summed E-state index contributed by atoms with van der Waals surface area (Å²) in [5, 5.41) is 11.6. The van der Waals surface area contributed by atoms with E-state index in [4.69, 9.17) is 4.42 Å². The summed E-state index contributed by atoms with van der Waals surface area (Å²) in [4.78, 5) is 0. The number of pyridine rings is 1. The Labute approximate surface area is 71.0 Å². The number of aromatic nitrogens is 1. The molecule has 0 aromatic carbocycles. The fourth-order valence-electron chi connectivity index (χ4n) is 0.926. The molecular formula is C7H4BrNO2. The molecule has 4 heteroatoms. The number of fused-ring (bicyclic) bond motifs is 1. The van der Waals surface area contributed by atoms with Gasteiger partial charge in [0.1, 0.15) is 11.8 Å². The van der Waals surface area contributed by atoms with Crippen LogP contribution in [0.15, 0.2) is 33.6 Å². The third kappa shape index (κ3) is 0.991. The van der Waals surface area contributed by atoms with Crippen LogP contribution in [0.1, 0.15) is 0 Å². The predicted molar refractivity (Wildman–Crippen MR) is 42.9 cm³/mol. The van der Waals surface area contributed by atoms with Gasteiger partial charge in [-0.3, -0.25) is 0 Å². The van der Waals surface area contributed by atoms with E-state index in [1.165, 1.54) is 12.4 Å². The minimum absolute atomic E-state index is 0.712. The topological polar surface area (TPSA) is 40.1 Å². The van der Waals surface area contributed by atoms with Gasteiger partial charge in [0.2, 0.25) is 0 Å². The Balaban J connectivity index is 2.87. The van der Waals surface area contributed by atoms with Gasteiger partial charge in [-0.25, -0.2) is 0 Å². The van der Waals surface area contributed by atoms with Gasteiger partial charge in [-0.15, -0.1) is 0 Å². The number of halogens is 1. The Kier molecular flexibility index (Phi) is 1.35. The van der Waals surface area contributed by atoms with Crippen molar-refractivity contribution in [1.82, 2.24) is 0 Å². The first-order chi connectivity index (χ1) is 5.27. The van der Waals surface area contributed by atoms with E-state index < -0.39 is 0 Å². The normalized spacial score (nSPS) is 10.6. The van der Waals surface area contributed by atoms with E-state index in [0.29, 0.717) is 5.58 Å². The number of hydrogen-bond acceptors (Lipinski definition) is 2. The lowest BCUT2D eigenvalue weighted by Crippen LogP contribution is -2.23. The highest BCUT2D eigenvalue weighted by Gasteiger charge is 2.05. The number of rotatable bonds is 0. The van der Waals surface area contributed by atoms with Crippen LogP contribution in [0.3, 0.4) is 0 Å². The molecule has 2 heterocycles. The Hall–Kier alpha value is -1.03. The zero-order chi connectivity index (χ0) is 7.84. The largest absolute Gasteiger partial charge is 0.619 e. The van der Waals surface area contributed by atoms with Crippen LogP contribution in [-0.2, 0) is 0 Å². The van der Waals surface area contributed by atoms with Crippen LogP contribution in [0.5, 0.6) is 0 Å². The second-order valence-corrected chi connectivity index (χ2v) is 3.02. The molecule has 11 heavy (non-hydrogen) atoms. The molecule has 0 saturated heterocycles. The summed E-state index contributed by atoms with van der Waals surface area (Å²) < 4.78 is 6.65. The summed E-state index contributed by atoms with van der Waals surface area (Å²) in [5.74, 6) is 0. The Morgan fingerprint density at radius 3 is 3.18 bits per heavy atom. The third-order valence-corrected chi connectivity index (χ3v) is 2.06. The van der Waals surface area contributed by atoms with Gasteiger partial charge in [0.05, 0.1) is 9.86 Å². The summed E-state index contributed by atoms with van der Waals surface area (Å²) >= 11 is 3.26. The maximum absolute atomic E-state index is 10.8. The molecule has 0 atom stereocenters. The average molecular weight is 214 g/mol. The highest BCUT2D eigenvalue weighted by atomic mass is 79.9. The van der Waals surface area contributed by atoms with Gasteiger partial charge >= 0.3 is 0 Å². The molecule has 0 amide bonds. The Morgan fingerprint density at radius 1 is 1.55 bits per heavy atom. The van der Waals surface area contributed by atoms with E-state index >= 15 is 0 Å². The van der Waals surface area contributed by atoms with Crippen molar-refractivity contribution in [2.24, 2.45) is 0 Å². The highest BCUT2D eigenvalue weighted by molar-refractivity contribution is 9.10. The third-order valence-electron chi connectivity index (χ3n) is 1.44. The standard InChI is InChI=1S/C7H4BrNO2/c8-6-4-11-7-1-2-9(10)3-5(6)7/h1-4H. The molecule has 0 aliphatic carbocycles. The maximum Gasteiger partial charge on any atom is 0.192 e. The van der Waals surface area contributed by atoms with Gasteiger partial charge < -0.3 is 9.62 Å². The van der Waals surface area contributed by atoms with Crippen molar-refractivity contribution in [3.8, 4) is 0 Å². The predicted octanol–water partition coefficient (Wildman–Crippen LogP) is 1.83. The molecule has 0 aliphatic heterocycles. The Bertz CT molecular complexity index is 396. The van der Waals surface area contributed by atoms with Crippen LogP contribution in [0, 0.1) is 5.21 Å². The van der Waals surface area contributed by atoms with Gasteiger partial charge in [0.25, 0.3) is 0 Å². The van der Waals surface area contributed by atoms with Crippen LogP contribution in [-0.4, -0.2) is 0 Å². The molecule has 0 radical (unpaired) electrons. The number of hydrogen-bond donors (Lipinski definition) is 0. The molecule has 3 nitrogen and oxygen atoms in total. The van der Waals surface area contributed by atoms with Gasteiger partial charge in [0, 0.05) is 6.07 Å². The highest BCUT2D eigenvalue weighted by Crippen LogP contribution is 2.23. The fourth-order valence-corrected chi connectivity index (χ4v) is 1.32. The van der Waals surface area contributed by atoms with Crippen LogP contribution in [0.25, 0.3) is 11.0 Å². The van der Waals surface area contributed by atoms with Gasteiger partial charge in [-0.05, 0) is 15.9 Å². The molecule has 2 aromatic heterocycles. The van der Waals surface area contributed by atoms with Crippen LogP contribution >= 0.6 is 15.9 Å². The second-order valence-electron chi connectivity index (χ2n) is 2.17. The van der Waals surface area contributed by atoms with E-state index in [-0.39, 0.29) is 0 Å². The molecule has 0 aliphatic rings. The van der Waals surface area contributed by atoms with Crippen LogP contribution < -0.4 is 4.73 Å². The second kappa shape index (κ2) is 2.23. The van der Waals surface area contributed by atoms with Crippen molar-refractivity contribution in [3.63, 3.8) is 0 Å². The van der Waals surface area contributed by atoms with Crippen LogP contribution in [0.4, 0.5) is 0 Å². The van der Waals surface area contributed by atoms with Gasteiger partial charge in [-0.1, -0.05) is 0 Å². The molecule has 0 fully saturated rings.